The zero-order valence-electron chi connectivity index (χ0n) is 19.8. The van der Waals surface area contributed by atoms with Gasteiger partial charge >= 0.3 is 0 Å². The van der Waals surface area contributed by atoms with Crippen molar-refractivity contribution in [2.24, 2.45) is 0 Å². The second-order valence-corrected chi connectivity index (χ2v) is 8.64. The van der Waals surface area contributed by atoms with Gasteiger partial charge in [-0.25, -0.2) is 0 Å². The Hall–Kier alpha value is -1.02. The molecular weight excluding hydrogens is 472 g/mol. The van der Waals surface area contributed by atoms with E-state index in [9.17, 15) is 20.1 Å². The average molecular weight is 518 g/mol. The van der Waals surface area contributed by atoms with Gasteiger partial charge in [-0.05, 0) is 6.42 Å². The number of rotatable bonds is 19. The monoisotopic (exact) mass is 516 g/mol. The van der Waals surface area contributed by atoms with Gasteiger partial charge in [0.25, 0.3) is 5.91 Å². The topological polar surface area (TPSA) is 93.7 Å². The number of pyridine rings is 1. The molecule has 0 bridgehead atoms. The van der Waals surface area contributed by atoms with Crippen LogP contribution in [0, 0.1) is 0 Å². The molecule has 0 spiro atoms. The number of halogens is 1. The Morgan fingerprint density at radius 2 is 1.34 bits per heavy atom. The third kappa shape index (κ3) is 14.9. The summed E-state index contributed by atoms with van der Waals surface area (Å²) in [6.45, 7) is 1.93. The van der Waals surface area contributed by atoms with E-state index < -0.39 is 24.9 Å². The van der Waals surface area contributed by atoms with E-state index in [1.54, 1.807) is 17.0 Å². The molecule has 4 N–H and O–H groups in total. The Morgan fingerprint density at radius 1 is 0.844 bits per heavy atom. The number of aliphatic hydroxyl groups is 3. The summed E-state index contributed by atoms with van der Waals surface area (Å²) in [7, 11) is 0. The minimum absolute atomic E-state index is 0. The predicted molar refractivity (Wildman–Crippen MR) is 123 cm³/mol. The van der Waals surface area contributed by atoms with Crippen molar-refractivity contribution in [1.82, 2.24) is 5.32 Å². The van der Waals surface area contributed by atoms with Gasteiger partial charge in [-0.1, -0.05) is 90.0 Å². The summed E-state index contributed by atoms with van der Waals surface area (Å²) in [5, 5.41) is 32.8. The number of amides is 1. The van der Waals surface area contributed by atoms with E-state index in [0.29, 0.717) is 6.42 Å². The first kappa shape index (κ1) is 31.0. The molecule has 32 heavy (non-hydrogen) atoms. The lowest BCUT2D eigenvalue weighted by Gasteiger charge is -2.26. The summed E-state index contributed by atoms with van der Waals surface area (Å²) >= 11 is 0. The second kappa shape index (κ2) is 20.6. The number of carbonyl (C=O) groups excluding carboxylic acids is 1. The fourth-order valence-corrected chi connectivity index (χ4v) is 3.83. The van der Waals surface area contributed by atoms with E-state index in [0.717, 1.165) is 19.3 Å². The molecule has 7 heteroatoms. The van der Waals surface area contributed by atoms with Crippen LogP contribution in [0.4, 0.5) is 0 Å². The first-order chi connectivity index (χ1) is 15.1. The molecule has 0 aromatic carbocycles. The van der Waals surface area contributed by atoms with Gasteiger partial charge in [0.05, 0.1) is 18.8 Å². The van der Waals surface area contributed by atoms with Crippen molar-refractivity contribution in [3.05, 3.63) is 30.6 Å². The number of aliphatic hydroxyl groups excluding tert-OH is 3. The van der Waals surface area contributed by atoms with Crippen molar-refractivity contribution in [3.8, 4) is 0 Å². The van der Waals surface area contributed by atoms with Gasteiger partial charge < -0.3 is 37.6 Å². The van der Waals surface area contributed by atoms with E-state index in [1.807, 2.05) is 18.2 Å². The van der Waals surface area contributed by atoms with E-state index in [2.05, 4.69) is 12.2 Å². The van der Waals surface area contributed by atoms with Crippen LogP contribution < -0.4 is 26.9 Å². The van der Waals surface area contributed by atoms with Crippen LogP contribution in [0.2, 0.25) is 0 Å². The van der Waals surface area contributed by atoms with Crippen LogP contribution in [0.3, 0.4) is 0 Å². The molecule has 1 heterocycles. The van der Waals surface area contributed by atoms with Gasteiger partial charge in [-0.15, -0.1) is 0 Å². The van der Waals surface area contributed by atoms with Gasteiger partial charge in [-0.2, -0.15) is 4.57 Å². The van der Waals surface area contributed by atoms with Crippen LogP contribution in [0.15, 0.2) is 30.6 Å². The van der Waals surface area contributed by atoms with Crippen molar-refractivity contribution < 1.29 is 41.7 Å². The fourth-order valence-electron chi connectivity index (χ4n) is 3.83. The molecule has 3 atom stereocenters. The molecule has 0 saturated heterocycles. The molecule has 0 aliphatic rings. The van der Waals surface area contributed by atoms with Crippen LogP contribution in [0.5, 0.6) is 0 Å². The maximum Gasteiger partial charge on any atom is 0.286 e. The molecule has 0 radical (unpaired) electrons. The van der Waals surface area contributed by atoms with Crippen molar-refractivity contribution in [2.75, 3.05) is 6.61 Å². The van der Waals surface area contributed by atoms with Gasteiger partial charge in [0.1, 0.15) is 6.10 Å². The molecule has 0 aliphatic carbocycles. The number of aromatic nitrogens is 1. The Morgan fingerprint density at radius 3 is 1.84 bits per heavy atom. The number of hydrogen-bond donors (Lipinski definition) is 4. The van der Waals surface area contributed by atoms with Crippen LogP contribution in [-0.4, -0.2) is 46.1 Å². The molecule has 0 aliphatic heterocycles. The average Bonchev–Trinajstić information content (AvgIpc) is 2.78. The molecule has 1 aromatic heterocycles. The Bertz CT molecular complexity index is 562. The minimum Gasteiger partial charge on any atom is -1.00 e. The Kier molecular flexibility index (Phi) is 19.9. The molecule has 0 fully saturated rings. The molecule has 0 saturated carbocycles. The minimum atomic E-state index is -1.18. The zero-order valence-corrected chi connectivity index (χ0v) is 21.4. The summed E-state index contributed by atoms with van der Waals surface area (Å²) < 4.78 is 1.71. The van der Waals surface area contributed by atoms with Crippen molar-refractivity contribution in [1.29, 1.82) is 0 Å². The molecule has 1 aromatic rings. The lowest BCUT2D eigenvalue weighted by atomic mass is 9.99. The van der Waals surface area contributed by atoms with Gasteiger partial charge in [0, 0.05) is 12.1 Å². The smallest absolute Gasteiger partial charge is 0.286 e. The predicted octanol–water partition coefficient (Wildman–Crippen LogP) is 0.268. The normalized spacial score (nSPS) is 13.8. The fraction of sp³-hybridized carbons (Fsp3) is 0.760. The summed E-state index contributed by atoms with van der Waals surface area (Å²) in [6, 6.07) is 4.64. The summed E-state index contributed by atoms with van der Waals surface area (Å²) in [5.41, 5.74) is 0. The van der Waals surface area contributed by atoms with Gasteiger partial charge in [0.2, 0.25) is 6.54 Å². The molecule has 1 rings (SSSR count). The van der Waals surface area contributed by atoms with Gasteiger partial charge in [-0.3, -0.25) is 4.79 Å². The molecule has 186 valence electrons. The Labute approximate surface area is 205 Å². The van der Waals surface area contributed by atoms with Gasteiger partial charge in [0.15, 0.2) is 12.4 Å². The lowest BCUT2D eigenvalue weighted by Crippen LogP contribution is -3.00. The van der Waals surface area contributed by atoms with Crippen LogP contribution in [-0.2, 0) is 11.3 Å². The third-order valence-corrected chi connectivity index (χ3v) is 5.81. The van der Waals surface area contributed by atoms with Crippen molar-refractivity contribution in [2.45, 2.75) is 115 Å². The SMILES string of the molecule is CCCCCCCCCCCCCC[C@@H](O)[C@@H](O)[C@H](CO)NC(=O)C[n+]1ccccc1.[Br-]. The summed E-state index contributed by atoms with van der Waals surface area (Å²) in [4.78, 5) is 12.1. The molecule has 6 nitrogen and oxygen atoms in total. The molecular formula is C25H45BrN2O4. The van der Waals surface area contributed by atoms with Crippen LogP contribution in [0.1, 0.15) is 90.4 Å². The quantitative estimate of drug-likeness (QED) is 0.157. The highest BCUT2D eigenvalue weighted by Gasteiger charge is 2.27. The number of nitrogens with zero attached hydrogens (tertiary/aromatic N) is 1. The van der Waals surface area contributed by atoms with E-state index in [4.69, 9.17) is 0 Å². The molecule has 0 unspecified atom stereocenters. The third-order valence-electron chi connectivity index (χ3n) is 5.81. The Balaban J connectivity index is 0.00000961. The standard InChI is InChI=1S/C25H44N2O4.BrH/c1-2-3-4-5-6-7-8-9-10-11-12-14-17-23(29)25(31)22(21-28)26-24(30)20-27-18-15-13-16-19-27;/h13,15-16,18-19,22-23,25,28-29,31H,2-12,14,17,20-21H2,1H3;1H/t22-,23+,25-;/m0./s1. The highest BCUT2D eigenvalue weighted by atomic mass is 79.9. The van der Waals surface area contributed by atoms with Crippen molar-refractivity contribution >= 4 is 5.91 Å². The van der Waals surface area contributed by atoms with E-state index in [-0.39, 0.29) is 29.4 Å². The number of unbranched alkanes of at least 4 members (excludes halogenated alkanes) is 11. The number of carbonyl (C=O) groups is 1. The first-order valence-corrected chi connectivity index (χ1v) is 12.3. The van der Waals surface area contributed by atoms with E-state index >= 15 is 0 Å². The largest absolute Gasteiger partial charge is 1.00 e. The first-order valence-electron chi connectivity index (χ1n) is 12.3. The lowest BCUT2D eigenvalue weighted by molar-refractivity contribution is -0.684. The van der Waals surface area contributed by atoms with E-state index in [1.165, 1.54) is 57.8 Å². The van der Waals surface area contributed by atoms with Crippen LogP contribution in [0.25, 0.3) is 0 Å². The molecule has 1 amide bonds. The second-order valence-electron chi connectivity index (χ2n) is 8.64. The maximum atomic E-state index is 12.1. The maximum absolute atomic E-state index is 12.1. The summed E-state index contributed by atoms with van der Waals surface area (Å²) in [6.07, 6.45) is 16.8. The summed E-state index contributed by atoms with van der Waals surface area (Å²) in [5.74, 6) is -0.313. The van der Waals surface area contributed by atoms with Crippen LogP contribution >= 0.6 is 0 Å². The number of hydrogen-bond acceptors (Lipinski definition) is 4. The van der Waals surface area contributed by atoms with Crippen molar-refractivity contribution in [3.63, 3.8) is 0 Å². The highest BCUT2D eigenvalue weighted by Crippen LogP contribution is 2.14. The number of nitrogens with one attached hydrogen (secondary N) is 1. The highest BCUT2D eigenvalue weighted by molar-refractivity contribution is 5.74. The zero-order chi connectivity index (χ0) is 22.7.